The summed E-state index contributed by atoms with van der Waals surface area (Å²) in [6, 6.07) is 16.1. The number of rotatable bonds is 7. The molecule has 31 heavy (non-hydrogen) atoms. The number of benzene rings is 2. The fourth-order valence-corrected chi connectivity index (χ4v) is 3.96. The number of carbonyl (C=O) groups excluding carboxylic acids is 1. The van der Waals surface area contributed by atoms with Gasteiger partial charge < -0.3 is 4.57 Å². The lowest BCUT2D eigenvalue weighted by atomic mass is 9.87. The second-order valence-corrected chi connectivity index (χ2v) is 9.87. The van der Waals surface area contributed by atoms with Crippen molar-refractivity contribution >= 4 is 39.8 Å². The molecule has 0 aliphatic rings. The maximum Gasteiger partial charge on any atom is 0.250 e. The van der Waals surface area contributed by atoms with Gasteiger partial charge in [0.15, 0.2) is 11.0 Å². The minimum absolute atomic E-state index is 0.102. The lowest BCUT2D eigenvalue weighted by molar-refractivity contribution is -0.118. The van der Waals surface area contributed by atoms with Gasteiger partial charge in [0, 0.05) is 16.6 Å². The number of carbonyl (C=O) groups is 1. The summed E-state index contributed by atoms with van der Waals surface area (Å²) in [6.07, 6.45) is 1.61. The van der Waals surface area contributed by atoms with Gasteiger partial charge in [-0.2, -0.15) is 5.10 Å². The first-order chi connectivity index (χ1) is 14.8. The highest BCUT2D eigenvalue weighted by atomic mass is 79.9. The Kier molecular flexibility index (Phi) is 7.67. The summed E-state index contributed by atoms with van der Waals surface area (Å²) in [7, 11) is 0. The maximum absolute atomic E-state index is 12.2. The van der Waals surface area contributed by atoms with Crippen LogP contribution in [0.2, 0.25) is 0 Å². The molecule has 0 radical (unpaired) electrons. The molecule has 0 saturated carbocycles. The van der Waals surface area contributed by atoms with Gasteiger partial charge in [-0.1, -0.05) is 84.9 Å². The summed E-state index contributed by atoms with van der Waals surface area (Å²) in [6.45, 7) is 9.34. The second kappa shape index (κ2) is 10.2. The highest BCUT2D eigenvalue weighted by Gasteiger charge is 2.17. The summed E-state index contributed by atoms with van der Waals surface area (Å²) in [5, 5.41) is 13.4. The molecule has 2 aromatic carbocycles. The van der Waals surface area contributed by atoms with Gasteiger partial charge in [0.1, 0.15) is 0 Å². The van der Waals surface area contributed by atoms with E-state index in [0.717, 1.165) is 28.0 Å². The molecule has 0 aliphatic heterocycles. The monoisotopic (exact) mass is 499 g/mol. The predicted octanol–water partition coefficient (Wildman–Crippen LogP) is 5.27. The van der Waals surface area contributed by atoms with Gasteiger partial charge in [-0.15, -0.1) is 10.2 Å². The topological polar surface area (TPSA) is 72.2 Å². The Labute approximate surface area is 195 Å². The van der Waals surface area contributed by atoms with Gasteiger partial charge >= 0.3 is 0 Å². The van der Waals surface area contributed by atoms with Gasteiger partial charge in [-0.25, -0.2) is 5.43 Å². The van der Waals surface area contributed by atoms with Crippen molar-refractivity contribution in [3.05, 3.63) is 64.1 Å². The smallest absolute Gasteiger partial charge is 0.250 e. The first-order valence-electron chi connectivity index (χ1n) is 10.0. The van der Waals surface area contributed by atoms with Crippen LogP contribution in [0.5, 0.6) is 0 Å². The Morgan fingerprint density at radius 1 is 1.13 bits per heavy atom. The van der Waals surface area contributed by atoms with E-state index in [4.69, 9.17) is 0 Å². The van der Waals surface area contributed by atoms with E-state index in [2.05, 4.69) is 81.7 Å². The summed E-state index contributed by atoms with van der Waals surface area (Å²) in [5.74, 6) is 0.818. The molecule has 0 fully saturated rings. The normalized spacial score (nSPS) is 11.8. The Balaban J connectivity index is 1.61. The quantitative estimate of drug-likeness (QED) is 0.273. The summed E-state index contributed by atoms with van der Waals surface area (Å²) in [5.41, 5.74) is 5.85. The zero-order valence-corrected chi connectivity index (χ0v) is 20.5. The molecule has 3 aromatic rings. The number of hydrazone groups is 1. The molecule has 1 aromatic heterocycles. The van der Waals surface area contributed by atoms with E-state index in [1.165, 1.54) is 17.3 Å². The van der Waals surface area contributed by atoms with Crippen molar-refractivity contribution in [1.82, 2.24) is 20.2 Å². The molecule has 0 saturated heterocycles. The molecular weight excluding hydrogens is 474 g/mol. The first-order valence-corrected chi connectivity index (χ1v) is 11.8. The Morgan fingerprint density at radius 2 is 1.81 bits per heavy atom. The molecule has 0 atom stereocenters. The SMILES string of the molecule is CCn1c(SCC(=O)NN=Cc2ccc(Br)cc2)nnc1-c1ccc(C(C)(C)C)cc1. The number of nitrogens with one attached hydrogen (secondary N) is 1. The van der Waals surface area contributed by atoms with Crippen LogP contribution >= 0.6 is 27.7 Å². The van der Waals surface area contributed by atoms with E-state index in [0.29, 0.717) is 5.16 Å². The number of hydrogen-bond acceptors (Lipinski definition) is 5. The van der Waals surface area contributed by atoms with E-state index >= 15 is 0 Å². The third kappa shape index (κ3) is 6.27. The maximum atomic E-state index is 12.2. The van der Waals surface area contributed by atoms with Gasteiger partial charge in [0.2, 0.25) is 0 Å². The van der Waals surface area contributed by atoms with Crippen LogP contribution in [-0.2, 0) is 16.8 Å². The number of amides is 1. The van der Waals surface area contributed by atoms with Crippen LogP contribution in [0.1, 0.15) is 38.8 Å². The average Bonchev–Trinajstić information content (AvgIpc) is 3.16. The molecule has 0 unspecified atom stereocenters. The Morgan fingerprint density at radius 3 is 2.42 bits per heavy atom. The lowest BCUT2D eigenvalue weighted by Crippen LogP contribution is -2.20. The van der Waals surface area contributed by atoms with Crippen molar-refractivity contribution in [2.75, 3.05) is 5.75 Å². The highest BCUT2D eigenvalue weighted by molar-refractivity contribution is 9.10. The van der Waals surface area contributed by atoms with E-state index in [9.17, 15) is 4.79 Å². The standard InChI is InChI=1S/C23H26BrN5OS/c1-5-29-21(17-8-10-18(11-9-17)23(2,3)4)27-28-22(29)31-15-20(30)26-25-14-16-6-12-19(24)13-7-16/h6-14H,5,15H2,1-4H3,(H,26,30). The van der Waals surface area contributed by atoms with Crippen LogP contribution < -0.4 is 5.43 Å². The fourth-order valence-electron chi connectivity index (χ4n) is 2.90. The fraction of sp³-hybridized carbons (Fsp3) is 0.304. The highest BCUT2D eigenvalue weighted by Crippen LogP contribution is 2.27. The average molecular weight is 500 g/mol. The van der Waals surface area contributed by atoms with Gasteiger partial charge in [0.25, 0.3) is 5.91 Å². The van der Waals surface area contributed by atoms with Crippen LogP contribution in [0.4, 0.5) is 0 Å². The molecule has 0 bridgehead atoms. The van der Waals surface area contributed by atoms with Gasteiger partial charge in [-0.3, -0.25) is 4.79 Å². The van der Waals surface area contributed by atoms with Crippen molar-refractivity contribution in [3.8, 4) is 11.4 Å². The Hall–Kier alpha value is -2.45. The van der Waals surface area contributed by atoms with Crippen LogP contribution in [-0.4, -0.2) is 32.6 Å². The molecule has 6 nitrogen and oxygen atoms in total. The molecule has 1 heterocycles. The molecular formula is C23H26BrN5OS. The van der Waals surface area contributed by atoms with Crippen molar-refractivity contribution in [3.63, 3.8) is 0 Å². The first kappa shape index (κ1) is 23.2. The van der Waals surface area contributed by atoms with Crippen LogP contribution in [0.15, 0.2) is 63.3 Å². The van der Waals surface area contributed by atoms with Crippen LogP contribution in [0.25, 0.3) is 11.4 Å². The van der Waals surface area contributed by atoms with Crippen molar-refractivity contribution < 1.29 is 4.79 Å². The van der Waals surface area contributed by atoms with Crippen molar-refractivity contribution in [1.29, 1.82) is 0 Å². The molecule has 1 amide bonds. The molecule has 162 valence electrons. The number of thioether (sulfide) groups is 1. The van der Waals surface area contributed by atoms with E-state index < -0.39 is 0 Å². The zero-order valence-electron chi connectivity index (χ0n) is 18.1. The van der Waals surface area contributed by atoms with Gasteiger partial charge in [0.05, 0.1) is 12.0 Å². The molecule has 8 heteroatoms. The largest absolute Gasteiger partial charge is 0.302 e. The third-order valence-electron chi connectivity index (χ3n) is 4.65. The van der Waals surface area contributed by atoms with Crippen molar-refractivity contribution in [2.24, 2.45) is 5.10 Å². The van der Waals surface area contributed by atoms with E-state index in [1.54, 1.807) is 6.21 Å². The van der Waals surface area contributed by atoms with Crippen molar-refractivity contribution in [2.45, 2.75) is 44.8 Å². The summed E-state index contributed by atoms with van der Waals surface area (Å²) >= 11 is 4.74. The minimum Gasteiger partial charge on any atom is -0.302 e. The third-order valence-corrected chi connectivity index (χ3v) is 6.14. The summed E-state index contributed by atoms with van der Waals surface area (Å²) in [4.78, 5) is 12.2. The molecule has 3 rings (SSSR count). The zero-order chi connectivity index (χ0) is 22.4. The molecule has 0 spiro atoms. The van der Waals surface area contributed by atoms with E-state index in [-0.39, 0.29) is 17.1 Å². The second-order valence-electron chi connectivity index (χ2n) is 8.01. The number of hydrogen-bond donors (Lipinski definition) is 1. The lowest BCUT2D eigenvalue weighted by Gasteiger charge is -2.19. The number of nitrogens with zero attached hydrogens (tertiary/aromatic N) is 4. The Bertz CT molecular complexity index is 1050. The number of aromatic nitrogens is 3. The van der Waals surface area contributed by atoms with Crippen LogP contribution in [0.3, 0.4) is 0 Å². The van der Waals surface area contributed by atoms with Crippen LogP contribution in [0, 0.1) is 0 Å². The number of halogens is 1. The van der Waals surface area contributed by atoms with E-state index in [1.807, 2.05) is 35.8 Å². The predicted molar refractivity (Wildman–Crippen MR) is 130 cm³/mol. The summed E-state index contributed by atoms with van der Waals surface area (Å²) < 4.78 is 3.02. The molecule has 1 N–H and O–H groups in total. The van der Waals surface area contributed by atoms with Gasteiger partial charge in [-0.05, 0) is 35.6 Å². The minimum atomic E-state index is -0.194. The molecule has 0 aliphatic carbocycles.